The fraction of sp³-hybridized carbons (Fsp3) is 0.429. The minimum absolute atomic E-state index is 0.283. The van der Waals surface area contributed by atoms with Gasteiger partial charge in [-0.1, -0.05) is 18.2 Å². The van der Waals surface area contributed by atoms with Crippen LogP contribution in [0.1, 0.15) is 38.1 Å². The summed E-state index contributed by atoms with van der Waals surface area (Å²) in [5, 5.41) is 2.61. The molecule has 0 saturated heterocycles. The summed E-state index contributed by atoms with van der Waals surface area (Å²) < 4.78 is 5.18. The minimum Gasteiger partial charge on any atom is -0.458 e. The smallest absolute Gasteiger partial charge is 0.328 e. The predicted molar refractivity (Wildman–Crippen MR) is 69.2 cm³/mol. The molecule has 1 rings (SSSR count). The molecule has 1 N–H and O–H groups in total. The molecule has 0 aromatic heterocycles. The van der Waals surface area contributed by atoms with Crippen molar-refractivity contribution < 1.29 is 14.3 Å². The number of amides is 1. The third-order valence-electron chi connectivity index (χ3n) is 2.14. The van der Waals surface area contributed by atoms with E-state index in [9.17, 15) is 9.59 Å². The third-order valence-corrected chi connectivity index (χ3v) is 2.14. The van der Waals surface area contributed by atoms with Gasteiger partial charge in [-0.05, 0) is 39.8 Å². The highest BCUT2D eigenvalue weighted by atomic mass is 16.6. The first-order chi connectivity index (χ1) is 8.29. The number of ether oxygens (including phenoxy) is 1. The van der Waals surface area contributed by atoms with Crippen LogP contribution in [0.2, 0.25) is 0 Å². The van der Waals surface area contributed by atoms with Crippen LogP contribution in [0.3, 0.4) is 0 Å². The van der Waals surface area contributed by atoms with Crippen LogP contribution in [0.25, 0.3) is 0 Å². The maximum atomic E-state index is 11.8. The molecular weight excluding hydrogens is 230 g/mol. The zero-order valence-electron chi connectivity index (χ0n) is 11.2. The molecule has 0 aliphatic rings. The number of esters is 1. The largest absolute Gasteiger partial charge is 0.458 e. The van der Waals surface area contributed by atoms with Crippen molar-refractivity contribution in [2.75, 3.05) is 0 Å². The molecule has 1 aromatic rings. The molecule has 0 saturated carbocycles. The summed E-state index contributed by atoms with van der Waals surface area (Å²) in [7, 11) is 0. The third kappa shape index (κ3) is 4.57. The highest BCUT2D eigenvalue weighted by Gasteiger charge is 2.23. The summed E-state index contributed by atoms with van der Waals surface area (Å²) in [6.07, 6.45) is 0. The molecule has 18 heavy (non-hydrogen) atoms. The van der Waals surface area contributed by atoms with E-state index in [0.29, 0.717) is 5.56 Å². The van der Waals surface area contributed by atoms with E-state index in [-0.39, 0.29) is 5.91 Å². The molecular formula is C14H19NO3. The quantitative estimate of drug-likeness (QED) is 0.835. The van der Waals surface area contributed by atoms with Gasteiger partial charge in [0.25, 0.3) is 5.91 Å². The first-order valence-electron chi connectivity index (χ1n) is 5.88. The summed E-state index contributed by atoms with van der Waals surface area (Å²) in [4.78, 5) is 23.5. The first kappa shape index (κ1) is 14.2. The van der Waals surface area contributed by atoms with Crippen LogP contribution in [0, 0.1) is 0 Å². The lowest BCUT2D eigenvalue weighted by Crippen LogP contribution is -2.42. The van der Waals surface area contributed by atoms with Gasteiger partial charge in [0.2, 0.25) is 0 Å². The Bertz CT molecular complexity index is 420. The lowest BCUT2D eigenvalue weighted by Gasteiger charge is -2.22. The van der Waals surface area contributed by atoms with Crippen molar-refractivity contribution in [2.45, 2.75) is 39.3 Å². The van der Waals surface area contributed by atoms with Crippen LogP contribution in [-0.4, -0.2) is 23.5 Å². The van der Waals surface area contributed by atoms with E-state index in [2.05, 4.69) is 5.32 Å². The maximum absolute atomic E-state index is 11.8. The summed E-state index contributed by atoms with van der Waals surface area (Å²) in [5.41, 5.74) is -0.0315. The molecule has 0 radical (unpaired) electrons. The van der Waals surface area contributed by atoms with Crippen molar-refractivity contribution in [3.63, 3.8) is 0 Å². The van der Waals surface area contributed by atoms with E-state index in [0.717, 1.165) is 0 Å². The van der Waals surface area contributed by atoms with Gasteiger partial charge in [-0.2, -0.15) is 0 Å². The topological polar surface area (TPSA) is 55.4 Å². The second-order valence-corrected chi connectivity index (χ2v) is 5.09. The van der Waals surface area contributed by atoms with E-state index in [1.165, 1.54) is 0 Å². The fourth-order valence-corrected chi connectivity index (χ4v) is 1.32. The molecule has 0 spiro atoms. The first-order valence-corrected chi connectivity index (χ1v) is 5.88. The molecule has 1 aromatic carbocycles. The van der Waals surface area contributed by atoms with Crippen molar-refractivity contribution >= 4 is 11.9 Å². The Balaban J connectivity index is 2.58. The molecule has 0 bridgehead atoms. The van der Waals surface area contributed by atoms with Crippen LogP contribution < -0.4 is 5.32 Å². The second kappa shape index (κ2) is 5.67. The number of carbonyl (C=O) groups is 2. The molecule has 98 valence electrons. The monoisotopic (exact) mass is 249 g/mol. The molecule has 0 heterocycles. The van der Waals surface area contributed by atoms with Gasteiger partial charge in [0.05, 0.1) is 0 Å². The Kier molecular flexibility index (Phi) is 4.48. The summed E-state index contributed by atoms with van der Waals surface area (Å²) >= 11 is 0. The number of hydrogen-bond donors (Lipinski definition) is 1. The van der Waals surface area contributed by atoms with E-state index < -0.39 is 17.6 Å². The maximum Gasteiger partial charge on any atom is 0.328 e. The summed E-state index contributed by atoms with van der Waals surface area (Å²) in [6, 6.07) is 8.08. The average Bonchev–Trinajstić information content (AvgIpc) is 2.27. The van der Waals surface area contributed by atoms with Crippen molar-refractivity contribution in [2.24, 2.45) is 0 Å². The molecule has 0 fully saturated rings. The zero-order chi connectivity index (χ0) is 13.8. The number of rotatable bonds is 3. The average molecular weight is 249 g/mol. The number of nitrogens with one attached hydrogen (secondary N) is 1. The SMILES string of the molecule is C[C@H](NC(=O)c1ccccc1)C(=O)OC(C)(C)C. The molecule has 0 aliphatic heterocycles. The molecule has 0 unspecified atom stereocenters. The molecule has 4 nitrogen and oxygen atoms in total. The summed E-state index contributed by atoms with van der Waals surface area (Å²) in [6.45, 7) is 6.97. The van der Waals surface area contributed by atoms with Gasteiger partial charge in [0, 0.05) is 5.56 Å². The highest BCUT2D eigenvalue weighted by molar-refractivity contribution is 5.96. The standard InChI is InChI=1S/C14H19NO3/c1-10(13(17)18-14(2,3)4)15-12(16)11-8-6-5-7-9-11/h5-10H,1-4H3,(H,15,16)/t10-/m0/s1. The van der Waals surface area contributed by atoms with E-state index in [4.69, 9.17) is 4.74 Å². The van der Waals surface area contributed by atoms with Gasteiger partial charge < -0.3 is 10.1 Å². The Hall–Kier alpha value is -1.84. The van der Waals surface area contributed by atoms with E-state index >= 15 is 0 Å². The van der Waals surface area contributed by atoms with Crippen LogP contribution in [0.15, 0.2) is 30.3 Å². The number of hydrogen-bond acceptors (Lipinski definition) is 3. The van der Waals surface area contributed by atoms with Crippen molar-refractivity contribution in [3.8, 4) is 0 Å². The Morgan fingerprint density at radius 3 is 2.22 bits per heavy atom. The van der Waals surface area contributed by atoms with Crippen molar-refractivity contribution in [1.29, 1.82) is 0 Å². The van der Waals surface area contributed by atoms with E-state index in [1.807, 2.05) is 6.07 Å². The Morgan fingerprint density at radius 1 is 1.17 bits per heavy atom. The molecule has 0 aliphatic carbocycles. The van der Waals surface area contributed by atoms with Gasteiger partial charge in [-0.15, -0.1) is 0 Å². The van der Waals surface area contributed by atoms with E-state index in [1.54, 1.807) is 52.0 Å². The highest BCUT2D eigenvalue weighted by Crippen LogP contribution is 2.08. The van der Waals surface area contributed by atoms with Gasteiger partial charge in [-0.25, -0.2) is 4.79 Å². The molecule has 1 atom stereocenters. The number of benzene rings is 1. The Labute approximate surface area is 107 Å². The minimum atomic E-state index is -0.670. The van der Waals surface area contributed by atoms with Crippen LogP contribution in [0.5, 0.6) is 0 Å². The molecule has 4 heteroatoms. The van der Waals surface area contributed by atoms with Gasteiger partial charge in [0.15, 0.2) is 0 Å². The normalized spacial score (nSPS) is 12.7. The van der Waals surface area contributed by atoms with Crippen LogP contribution >= 0.6 is 0 Å². The summed E-state index contributed by atoms with van der Waals surface area (Å²) in [5.74, 6) is -0.722. The van der Waals surface area contributed by atoms with Crippen molar-refractivity contribution in [3.05, 3.63) is 35.9 Å². The van der Waals surface area contributed by atoms with Crippen LogP contribution in [-0.2, 0) is 9.53 Å². The number of carbonyl (C=O) groups excluding carboxylic acids is 2. The lowest BCUT2D eigenvalue weighted by molar-refractivity contribution is -0.156. The van der Waals surface area contributed by atoms with Gasteiger partial charge in [0.1, 0.15) is 11.6 Å². The predicted octanol–water partition coefficient (Wildman–Crippen LogP) is 2.15. The molecule has 1 amide bonds. The van der Waals surface area contributed by atoms with Crippen molar-refractivity contribution in [1.82, 2.24) is 5.32 Å². The zero-order valence-corrected chi connectivity index (χ0v) is 11.2. The lowest BCUT2D eigenvalue weighted by atomic mass is 10.2. The Morgan fingerprint density at radius 2 is 1.72 bits per heavy atom. The van der Waals surface area contributed by atoms with Gasteiger partial charge in [-0.3, -0.25) is 4.79 Å². The fourth-order valence-electron chi connectivity index (χ4n) is 1.32. The second-order valence-electron chi connectivity index (χ2n) is 5.09. The van der Waals surface area contributed by atoms with Crippen LogP contribution in [0.4, 0.5) is 0 Å². The van der Waals surface area contributed by atoms with Gasteiger partial charge >= 0.3 is 5.97 Å².